The second kappa shape index (κ2) is 7.62. The number of aromatic nitrogens is 2. The Morgan fingerprint density at radius 3 is 2.69 bits per heavy atom. The molecule has 1 aromatic heterocycles. The molecule has 3 heterocycles. The molecule has 2 aromatic rings. The molecule has 10 heteroatoms. The van der Waals surface area contributed by atoms with Crippen molar-refractivity contribution in [1.82, 2.24) is 14.9 Å². The summed E-state index contributed by atoms with van der Waals surface area (Å²) in [6.45, 7) is 1.38. The van der Waals surface area contributed by atoms with Gasteiger partial charge in [0.2, 0.25) is 5.88 Å². The van der Waals surface area contributed by atoms with Gasteiger partial charge in [-0.2, -0.15) is 0 Å². The Bertz CT molecular complexity index is 1140. The Morgan fingerprint density at radius 2 is 1.97 bits per heavy atom. The summed E-state index contributed by atoms with van der Waals surface area (Å²) in [4.78, 5) is 13.0. The van der Waals surface area contributed by atoms with Crippen molar-refractivity contribution in [2.24, 2.45) is 5.92 Å². The number of benzene rings is 1. The Balaban J connectivity index is 1.31. The summed E-state index contributed by atoms with van der Waals surface area (Å²) in [6.07, 6.45) is 4.45. The summed E-state index contributed by atoms with van der Waals surface area (Å²) in [7, 11) is -1.36. The van der Waals surface area contributed by atoms with E-state index in [-0.39, 0.29) is 18.6 Å². The molecule has 1 aromatic carbocycles. The number of ether oxygens (including phenoxy) is 1. The van der Waals surface area contributed by atoms with E-state index in [1.807, 2.05) is 16.8 Å². The van der Waals surface area contributed by atoms with Gasteiger partial charge in [-0.3, -0.25) is 0 Å². The number of hydrogen-bond acceptors (Lipinski definition) is 7. The van der Waals surface area contributed by atoms with Gasteiger partial charge in [-0.25, -0.2) is 27.2 Å². The van der Waals surface area contributed by atoms with Crippen LogP contribution in [-0.4, -0.2) is 67.7 Å². The summed E-state index contributed by atoms with van der Waals surface area (Å²) in [5.74, 6) is -2.05. The molecule has 32 heavy (non-hydrogen) atoms. The monoisotopic (exact) mass is 464 g/mol. The largest absolute Gasteiger partial charge is 0.474 e. The third kappa shape index (κ3) is 4.05. The molecular formula is C22H26F2N4O3S. The Morgan fingerprint density at radius 1 is 1.19 bits per heavy atom. The van der Waals surface area contributed by atoms with E-state index in [0.29, 0.717) is 42.5 Å². The highest BCUT2D eigenvalue weighted by atomic mass is 32.2. The van der Waals surface area contributed by atoms with Crippen LogP contribution in [0.2, 0.25) is 0 Å². The second-order valence-electron chi connectivity index (χ2n) is 9.06. The fourth-order valence-electron chi connectivity index (χ4n) is 4.87. The molecule has 0 amide bonds. The first-order valence-electron chi connectivity index (χ1n) is 10.8. The van der Waals surface area contributed by atoms with Crippen molar-refractivity contribution < 1.29 is 21.9 Å². The predicted molar refractivity (Wildman–Crippen MR) is 115 cm³/mol. The molecule has 3 unspecified atom stereocenters. The summed E-state index contributed by atoms with van der Waals surface area (Å²) < 4.78 is 57.0. The first kappa shape index (κ1) is 21.5. The first-order chi connectivity index (χ1) is 15.1. The molecule has 5 rings (SSSR count). The topological polar surface area (TPSA) is 75.6 Å². The van der Waals surface area contributed by atoms with E-state index in [1.165, 1.54) is 12.6 Å². The number of hydrogen-bond donors (Lipinski definition) is 0. The highest BCUT2D eigenvalue weighted by Crippen LogP contribution is 2.53. The molecule has 7 nitrogen and oxygen atoms in total. The number of rotatable bonds is 5. The van der Waals surface area contributed by atoms with Crippen molar-refractivity contribution in [2.75, 3.05) is 31.3 Å². The number of fused-ring (bicyclic) bond motifs is 1. The van der Waals surface area contributed by atoms with Crippen LogP contribution in [0, 0.1) is 5.92 Å². The SMILES string of the molecule is CN1CCC(Oc2cc(N3CCc4cc(S(C)(=O)=O)ccc43)ncn2)CC1C1CC1(F)F. The number of anilines is 2. The lowest BCUT2D eigenvalue weighted by atomic mass is 9.96. The fraction of sp³-hybridized carbons (Fsp3) is 0.545. The molecule has 0 radical (unpaired) electrons. The van der Waals surface area contributed by atoms with E-state index in [2.05, 4.69) is 9.97 Å². The van der Waals surface area contributed by atoms with E-state index in [0.717, 1.165) is 17.7 Å². The molecular weight excluding hydrogens is 438 g/mol. The van der Waals surface area contributed by atoms with Crippen molar-refractivity contribution in [3.8, 4) is 5.88 Å². The molecule has 1 saturated carbocycles. The van der Waals surface area contributed by atoms with Crippen LogP contribution in [0.4, 0.5) is 20.3 Å². The van der Waals surface area contributed by atoms with Crippen molar-refractivity contribution in [3.63, 3.8) is 0 Å². The standard InChI is InChI=1S/C22H26F2N4O3S/c1-27-7-6-15(10-19(27)17-12-22(17,23)24)31-21-11-20(25-13-26-21)28-8-5-14-9-16(32(2,29)30)3-4-18(14)28/h3-4,9,11,13,15,17,19H,5-8,10,12H2,1-2H3. The average Bonchev–Trinajstić information content (AvgIpc) is 3.17. The number of halogens is 2. The maximum absolute atomic E-state index is 13.6. The third-order valence-corrected chi connectivity index (χ3v) is 7.89. The third-order valence-electron chi connectivity index (χ3n) is 6.78. The van der Waals surface area contributed by atoms with E-state index >= 15 is 0 Å². The first-order valence-corrected chi connectivity index (χ1v) is 12.7. The van der Waals surface area contributed by atoms with Gasteiger partial charge in [0.1, 0.15) is 18.2 Å². The second-order valence-corrected chi connectivity index (χ2v) is 11.1. The number of piperidine rings is 1. The van der Waals surface area contributed by atoms with Crippen LogP contribution in [0.5, 0.6) is 5.88 Å². The highest BCUT2D eigenvalue weighted by molar-refractivity contribution is 7.90. The highest BCUT2D eigenvalue weighted by Gasteiger charge is 2.61. The van der Waals surface area contributed by atoms with Gasteiger partial charge in [0.25, 0.3) is 5.92 Å². The molecule has 1 aliphatic carbocycles. The van der Waals surface area contributed by atoms with Gasteiger partial charge >= 0.3 is 0 Å². The lowest BCUT2D eigenvalue weighted by Crippen LogP contribution is -2.45. The zero-order valence-electron chi connectivity index (χ0n) is 18.0. The maximum atomic E-state index is 13.6. The number of likely N-dealkylation sites (tertiary alicyclic amines) is 1. The molecule has 2 fully saturated rings. The van der Waals surface area contributed by atoms with Gasteiger partial charge in [0, 0.05) is 55.9 Å². The van der Waals surface area contributed by atoms with Crippen LogP contribution in [0.25, 0.3) is 0 Å². The van der Waals surface area contributed by atoms with Crippen molar-refractivity contribution in [2.45, 2.75) is 48.6 Å². The molecule has 1 saturated heterocycles. The maximum Gasteiger partial charge on any atom is 0.253 e. The van der Waals surface area contributed by atoms with Crippen LogP contribution in [0.3, 0.4) is 0 Å². The zero-order valence-corrected chi connectivity index (χ0v) is 18.9. The number of nitrogens with zero attached hydrogens (tertiary/aromatic N) is 4. The van der Waals surface area contributed by atoms with E-state index in [4.69, 9.17) is 4.74 Å². The molecule has 172 valence electrons. The molecule has 0 spiro atoms. The number of sulfone groups is 1. The van der Waals surface area contributed by atoms with Gasteiger partial charge in [0.05, 0.1) is 4.90 Å². The van der Waals surface area contributed by atoms with Crippen molar-refractivity contribution >= 4 is 21.3 Å². The van der Waals surface area contributed by atoms with Crippen LogP contribution in [0.15, 0.2) is 35.5 Å². The van der Waals surface area contributed by atoms with E-state index in [1.54, 1.807) is 24.3 Å². The van der Waals surface area contributed by atoms with Crippen LogP contribution < -0.4 is 9.64 Å². The Kier molecular flexibility index (Phi) is 5.12. The van der Waals surface area contributed by atoms with Crippen LogP contribution in [-0.2, 0) is 16.3 Å². The van der Waals surface area contributed by atoms with Crippen LogP contribution in [0.1, 0.15) is 24.8 Å². The van der Waals surface area contributed by atoms with Crippen LogP contribution >= 0.6 is 0 Å². The normalized spacial score (nSPS) is 27.2. The predicted octanol–water partition coefficient (Wildman–Crippen LogP) is 3.07. The smallest absolute Gasteiger partial charge is 0.253 e. The molecule has 3 aliphatic rings. The van der Waals surface area contributed by atoms with Gasteiger partial charge < -0.3 is 14.5 Å². The summed E-state index contributed by atoms with van der Waals surface area (Å²) in [5.41, 5.74) is 1.87. The van der Waals surface area contributed by atoms with Gasteiger partial charge in [0.15, 0.2) is 9.84 Å². The summed E-state index contributed by atoms with van der Waals surface area (Å²) >= 11 is 0. The molecule has 3 atom stereocenters. The van der Waals surface area contributed by atoms with Crippen molar-refractivity contribution in [1.29, 1.82) is 0 Å². The minimum atomic E-state index is -3.26. The van der Waals surface area contributed by atoms with Gasteiger partial charge in [-0.05, 0) is 43.7 Å². The van der Waals surface area contributed by atoms with E-state index < -0.39 is 21.7 Å². The molecule has 0 N–H and O–H groups in total. The summed E-state index contributed by atoms with van der Waals surface area (Å²) in [5, 5.41) is 0. The Labute approximate surface area is 186 Å². The van der Waals surface area contributed by atoms with Gasteiger partial charge in [-0.1, -0.05) is 0 Å². The van der Waals surface area contributed by atoms with Crippen molar-refractivity contribution in [3.05, 3.63) is 36.2 Å². The lowest BCUT2D eigenvalue weighted by molar-refractivity contribution is 0.0239. The summed E-state index contributed by atoms with van der Waals surface area (Å²) in [6, 6.07) is 6.71. The fourth-order valence-corrected chi connectivity index (χ4v) is 5.54. The average molecular weight is 465 g/mol. The van der Waals surface area contributed by atoms with E-state index in [9.17, 15) is 17.2 Å². The Hall–Kier alpha value is -2.33. The van der Waals surface area contributed by atoms with Gasteiger partial charge in [-0.15, -0.1) is 0 Å². The minimum absolute atomic E-state index is 0.0399. The lowest BCUT2D eigenvalue weighted by Gasteiger charge is -2.37. The quantitative estimate of drug-likeness (QED) is 0.673. The zero-order chi connectivity index (χ0) is 22.7. The minimum Gasteiger partial charge on any atom is -0.474 e. The number of alkyl halides is 2. The molecule has 0 bridgehead atoms. The molecule has 2 aliphatic heterocycles.